The van der Waals surface area contributed by atoms with Crippen molar-refractivity contribution in [2.45, 2.75) is 25.9 Å². The van der Waals surface area contributed by atoms with Crippen LogP contribution in [0.5, 0.6) is 0 Å². The Morgan fingerprint density at radius 2 is 1.89 bits per heavy atom. The number of ether oxygens (including phenoxy) is 1. The van der Waals surface area contributed by atoms with Gasteiger partial charge in [-0.3, -0.25) is 4.79 Å². The van der Waals surface area contributed by atoms with Gasteiger partial charge < -0.3 is 4.74 Å². The molecule has 2 nitrogen and oxygen atoms in total. The summed E-state index contributed by atoms with van der Waals surface area (Å²) in [6.45, 7) is 4.05. The summed E-state index contributed by atoms with van der Waals surface area (Å²) in [5.41, 5.74) is 2.31. The predicted octanol–water partition coefficient (Wildman–Crippen LogP) is 3.55. The summed E-state index contributed by atoms with van der Waals surface area (Å²) >= 11 is 0. The van der Waals surface area contributed by atoms with Gasteiger partial charge in [0.15, 0.2) is 5.78 Å². The lowest BCUT2D eigenvalue weighted by molar-refractivity contribution is 0.0366. The van der Waals surface area contributed by atoms with E-state index in [1.165, 1.54) is 0 Å². The molecule has 1 aromatic rings. The first-order chi connectivity index (χ1) is 8.57. The molecule has 2 rings (SSSR count). The Labute approximate surface area is 108 Å². The maximum absolute atomic E-state index is 12.4. The van der Waals surface area contributed by atoms with Crippen LogP contribution in [0.2, 0.25) is 0 Å². The van der Waals surface area contributed by atoms with E-state index in [1.807, 2.05) is 56.3 Å². The summed E-state index contributed by atoms with van der Waals surface area (Å²) in [5.74, 6) is 0.0858. The van der Waals surface area contributed by atoms with Crippen molar-refractivity contribution >= 4 is 5.78 Å². The van der Waals surface area contributed by atoms with Crippen molar-refractivity contribution in [3.63, 3.8) is 0 Å². The molecule has 0 saturated carbocycles. The highest BCUT2D eigenvalue weighted by Gasteiger charge is 2.31. The molecule has 0 radical (unpaired) electrons. The van der Waals surface area contributed by atoms with E-state index >= 15 is 0 Å². The second-order valence-corrected chi connectivity index (χ2v) is 4.85. The summed E-state index contributed by atoms with van der Waals surface area (Å²) in [7, 11) is 1.69. The van der Waals surface area contributed by atoms with Gasteiger partial charge in [0.05, 0.1) is 5.60 Å². The second kappa shape index (κ2) is 4.91. The van der Waals surface area contributed by atoms with Gasteiger partial charge in [-0.05, 0) is 19.4 Å². The number of methoxy groups -OCH3 is 1. The third kappa shape index (κ3) is 2.29. The van der Waals surface area contributed by atoms with Gasteiger partial charge in [-0.25, -0.2) is 0 Å². The van der Waals surface area contributed by atoms with E-state index in [-0.39, 0.29) is 11.4 Å². The summed E-state index contributed by atoms with van der Waals surface area (Å²) in [4.78, 5) is 12.4. The van der Waals surface area contributed by atoms with Crippen LogP contribution in [-0.4, -0.2) is 18.5 Å². The van der Waals surface area contributed by atoms with Crippen molar-refractivity contribution in [3.8, 4) is 0 Å². The lowest BCUT2D eigenvalue weighted by Gasteiger charge is -2.32. The molecule has 0 spiro atoms. The highest BCUT2D eigenvalue weighted by Crippen LogP contribution is 2.33. The third-order valence-electron chi connectivity index (χ3n) is 3.67. The Bertz CT molecular complexity index is 511. The predicted molar refractivity (Wildman–Crippen MR) is 72.6 cm³/mol. The average molecular weight is 242 g/mol. The van der Waals surface area contributed by atoms with E-state index in [1.54, 1.807) is 7.11 Å². The molecule has 1 aliphatic rings. The lowest BCUT2D eigenvalue weighted by Crippen LogP contribution is -2.32. The average Bonchev–Trinajstić information content (AvgIpc) is 2.42. The largest absolute Gasteiger partial charge is 0.374 e. The Morgan fingerprint density at radius 1 is 1.22 bits per heavy atom. The fraction of sp³-hybridized carbons (Fsp3) is 0.312. The van der Waals surface area contributed by atoms with Crippen LogP contribution >= 0.6 is 0 Å². The Hall–Kier alpha value is -1.67. The number of carbonyl (C=O) groups is 1. The molecule has 94 valence electrons. The first kappa shape index (κ1) is 12.8. The second-order valence-electron chi connectivity index (χ2n) is 4.85. The van der Waals surface area contributed by atoms with Gasteiger partial charge >= 0.3 is 0 Å². The molecule has 0 bridgehead atoms. The van der Waals surface area contributed by atoms with Crippen LogP contribution in [0.1, 0.15) is 30.6 Å². The van der Waals surface area contributed by atoms with Gasteiger partial charge in [0.25, 0.3) is 0 Å². The summed E-state index contributed by atoms with van der Waals surface area (Å²) in [6.07, 6.45) is 4.51. The van der Waals surface area contributed by atoms with Crippen molar-refractivity contribution in [1.29, 1.82) is 0 Å². The molecule has 0 amide bonds. The van der Waals surface area contributed by atoms with Gasteiger partial charge in [-0.15, -0.1) is 0 Å². The lowest BCUT2D eigenvalue weighted by atomic mass is 9.82. The van der Waals surface area contributed by atoms with E-state index in [2.05, 4.69) is 0 Å². The van der Waals surface area contributed by atoms with Crippen molar-refractivity contribution in [3.05, 3.63) is 59.2 Å². The zero-order valence-electron chi connectivity index (χ0n) is 11.1. The number of ketones is 1. The summed E-state index contributed by atoms with van der Waals surface area (Å²) in [5, 5.41) is 0. The molecular weight excluding hydrogens is 224 g/mol. The van der Waals surface area contributed by atoms with Crippen LogP contribution in [-0.2, 0) is 4.74 Å². The minimum atomic E-state index is -0.367. The van der Waals surface area contributed by atoms with Crippen molar-refractivity contribution in [2.75, 3.05) is 7.11 Å². The topological polar surface area (TPSA) is 26.3 Å². The van der Waals surface area contributed by atoms with Gasteiger partial charge in [-0.1, -0.05) is 42.5 Å². The van der Waals surface area contributed by atoms with Crippen molar-refractivity contribution in [2.24, 2.45) is 0 Å². The van der Waals surface area contributed by atoms with Crippen molar-refractivity contribution < 1.29 is 9.53 Å². The molecule has 0 heterocycles. The number of hydrogen-bond donors (Lipinski definition) is 0. The molecule has 0 fully saturated rings. The fourth-order valence-electron chi connectivity index (χ4n) is 2.13. The first-order valence-electron chi connectivity index (χ1n) is 6.09. The standard InChI is InChI=1S/C16H18O2/c1-12-9-10-14(11-16(12,2)18-3)15(17)13-7-5-4-6-8-13/h4-10H,11H2,1-3H3. The number of Topliss-reactive ketones (excluding diaryl/α,β-unsaturated/α-hetero) is 1. The molecule has 0 saturated heterocycles. The molecule has 0 aliphatic heterocycles. The van der Waals surface area contributed by atoms with E-state index < -0.39 is 0 Å². The number of rotatable bonds is 3. The van der Waals surface area contributed by atoms with Crippen LogP contribution in [0.3, 0.4) is 0 Å². The number of allylic oxidation sites excluding steroid dienone is 2. The Balaban J connectivity index is 2.29. The van der Waals surface area contributed by atoms with Crippen LogP contribution in [0.4, 0.5) is 0 Å². The maximum Gasteiger partial charge on any atom is 0.189 e. The maximum atomic E-state index is 12.4. The van der Waals surface area contributed by atoms with E-state index in [9.17, 15) is 4.79 Å². The van der Waals surface area contributed by atoms with Crippen LogP contribution in [0.15, 0.2) is 53.6 Å². The van der Waals surface area contributed by atoms with E-state index in [0.29, 0.717) is 6.42 Å². The first-order valence-corrected chi connectivity index (χ1v) is 6.09. The Kier molecular flexibility index (Phi) is 3.48. The molecule has 0 aromatic heterocycles. The van der Waals surface area contributed by atoms with Crippen molar-refractivity contribution in [1.82, 2.24) is 0 Å². The van der Waals surface area contributed by atoms with Gasteiger partial charge in [0.1, 0.15) is 0 Å². The minimum absolute atomic E-state index is 0.0858. The highest BCUT2D eigenvalue weighted by molar-refractivity contribution is 6.09. The third-order valence-corrected chi connectivity index (χ3v) is 3.67. The summed E-state index contributed by atoms with van der Waals surface area (Å²) in [6, 6.07) is 9.37. The summed E-state index contributed by atoms with van der Waals surface area (Å²) < 4.78 is 5.55. The van der Waals surface area contributed by atoms with Gasteiger partial charge in [0.2, 0.25) is 0 Å². The molecular formula is C16H18O2. The molecule has 18 heavy (non-hydrogen) atoms. The molecule has 1 unspecified atom stereocenters. The zero-order chi connectivity index (χ0) is 13.2. The SMILES string of the molecule is COC1(C)CC(C(=O)c2ccccc2)=CC=C1C. The number of carbonyl (C=O) groups excluding carboxylic acids is 1. The Morgan fingerprint density at radius 3 is 2.50 bits per heavy atom. The number of benzene rings is 1. The normalized spacial score (nSPS) is 23.3. The quantitative estimate of drug-likeness (QED) is 0.758. The zero-order valence-corrected chi connectivity index (χ0v) is 11.1. The molecule has 1 aromatic carbocycles. The van der Waals surface area contributed by atoms with Crippen LogP contribution in [0.25, 0.3) is 0 Å². The van der Waals surface area contributed by atoms with E-state index in [4.69, 9.17) is 4.74 Å². The fourth-order valence-corrected chi connectivity index (χ4v) is 2.13. The van der Waals surface area contributed by atoms with E-state index in [0.717, 1.165) is 16.7 Å². The highest BCUT2D eigenvalue weighted by atomic mass is 16.5. The van der Waals surface area contributed by atoms with Gasteiger partial charge in [-0.2, -0.15) is 0 Å². The van der Waals surface area contributed by atoms with Gasteiger partial charge in [0, 0.05) is 24.7 Å². The molecule has 1 aliphatic carbocycles. The monoisotopic (exact) mass is 242 g/mol. The van der Waals surface area contributed by atoms with Crippen LogP contribution < -0.4 is 0 Å². The molecule has 1 atom stereocenters. The van der Waals surface area contributed by atoms with Crippen LogP contribution in [0, 0.1) is 0 Å². The smallest absolute Gasteiger partial charge is 0.189 e. The minimum Gasteiger partial charge on any atom is -0.374 e. The molecule has 0 N–H and O–H groups in total. The molecule has 2 heteroatoms. The number of hydrogen-bond acceptors (Lipinski definition) is 2.